The van der Waals surface area contributed by atoms with Crippen molar-refractivity contribution in [3.63, 3.8) is 0 Å². The highest BCUT2D eigenvalue weighted by atomic mass is 32.2. The zero-order valence-electron chi connectivity index (χ0n) is 6.36. The second-order valence-electron chi connectivity index (χ2n) is 2.25. The highest BCUT2D eigenvalue weighted by Gasteiger charge is 1.98. The van der Waals surface area contributed by atoms with E-state index in [1.165, 1.54) is 11.8 Å². The SMILES string of the molecule is Nc1cccc(SCC(=O)O)c1. The van der Waals surface area contributed by atoms with Gasteiger partial charge in [0, 0.05) is 10.6 Å². The average Bonchev–Trinajstić information content (AvgIpc) is 2.01. The van der Waals surface area contributed by atoms with E-state index in [1.807, 2.05) is 6.07 Å². The van der Waals surface area contributed by atoms with Gasteiger partial charge in [-0.1, -0.05) is 6.07 Å². The van der Waals surface area contributed by atoms with E-state index in [4.69, 9.17) is 10.8 Å². The second kappa shape index (κ2) is 4.01. The molecular weight excluding hydrogens is 174 g/mol. The van der Waals surface area contributed by atoms with Crippen molar-refractivity contribution in [3.8, 4) is 0 Å². The molecule has 64 valence electrons. The number of aliphatic carboxylic acids is 1. The first-order valence-electron chi connectivity index (χ1n) is 3.38. The maximum absolute atomic E-state index is 10.2. The minimum Gasteiger partial charge on any atom is -0.481 e. The van der Waals surface area contributed by atoms with Gasteiger partial charge in [0.05, 0.1) is 5.75 Å². The van der Waals surface area contributed by atoms with Gasteiger partial charge in [-0.2, -0.15) is 0 Å². The molecule has 0 aliphatic heterocycles. The van der Waals surface area contributed by atoms with Gasteiger partial charge < -0.3 is 10.8 Å². The molecule has 1 aromatic rings. The summed E-state index contributed by atoms with van der Waals surface area (Å²) < 4.78 is 0. The van der Waals surface area contributed by atoms with Gasteiger partial charge in [0.1, 0.15) is 0 Å². The number of nitrogen functional groups attached to an aromatic ring is 1. The van der Waals surface area contributed by atoms with E-state index in [-0.39, 0.29) is 5.75 Å². The third kappa shape index (κ3) is 2.84. The van der Waals surface area contributed by atoms with Crippen molar-refractivity contribution in [2.75, 3.05) is 11.5 Å². The van der Waals surface area contributed by atoms with Crippen LogP contribution >= 0.6 is 11.8 Å². The first-order valence-corrected chi connectivity index (χ1v) is 4.37. The monoisotopic (exact) mass is 183 g/mol. The van der Waals surface area contributed by atoms with Crippen molar-refractivity contribution in [1.29, 1.82) is 0 Å². The first-order chi connectivity index (χ1) is 5.68. The number of carboxylic acids is 1. The van der Waals surface area contributed by atoms with Crippen LogP contribution in [0.5, 0.6) is 0 Å². The Bertz CT molecular complexity index is 288. The molecular formula is C8H9NO2S. The molecule has 0 unspecified atom stereocenters. The summed E-state index contributed by atoms with van der Waals surface area (Å²) in [5, 5.41) is 8.39. The van der Waals surface area contributed by atoms with E-state index in [2.05, 4.69) is 0 Å². The number of carbonyl (C=O) groups is 1. The molecule has 0 amide bonds. The Morgan fingerprint density at radius 1 is 1.58 bits per heavy atom. The number of anilines is 1. The molecule has 0 bridgehead atoms. The highest BCUT2D eigenvalue weighted by Crippen LogP contribution is 2.19. The van der Waals surface area contributed by atoms with Crippen LogP contribution in [0.25, 0.3) is 0 Å². The first kappa shape index (κ1) is 8.93. The van der Waals surface area contributed by atoms with E-state index in [0.29, 0.717) is 5.69 Å². The fourth-order valence-corrected chi connectivity index (χ4v) is 1.43. The molecule has 3 nitrogen and oxygen atoms in total. The van der Waals surface area contributed by atoms with Gasteiger partial charge in [-0.3, -0.25) is 4.79 Å². The standard InChI is InChI=1S/C8H9NO2S/c9-6-2-1-3-7(4-6)12-5-8(10)11/h1-4H,5,9H2,(H,10,11). The zero-order chi connectivity index (χ0) is 8.97. The third-order valence-corrected chi connectivity index (χ3v) is 2.20. The lowest BCUT2D eigenvalue weighted by Crippen LogP contribution is -1.97. The van der Waals surface area contributed by atoms with Crippen LogP contribution in [-0.2, 0) is 4.79 Å². The largest absolute Gasteiger partial charge is 0.481 e. The molecule has 0 fully saturated rings. The lowest BCUT2D eigenvalue weighted by atomic mass is 10.3. The number of rotatable bonds is 3. The lowest BCUT2D eigenvalue weighted by molar-refractivity contribution is -0.133. The molecule has 0 saturated heterocycles. The number of hydrogen-bond donors (Lipinski definition) is 2. The molecule has 0 aliphatic carbocycles. The maximum atomic E-state index is 10.2. The summed E-state index contributed by atoms with van der Waals surface area (Å²) >= 11 is 1.26. The van der Waals surface area contributed by atoms with Crippen molar-refractivity contribution in [2.24, 2.45) is 0 Å². The fraction of sp³-hybridized carbons (Fsp3) is 0.125. The maximum Gasteiger partial charge on any atom is 0.313 e. The number of hydrogen-bond acceptors (Lipinski definition) is 3. The number of carboxylic acid groups (broad SMARTS) is 1. The van der Waals surface area contributed by atoms with Gasteiger partial charge in [-0.05, 0) is 18.2 Å². The van der Waals surface area contributed by atoms with Crippen LogP contribution in [0.4, 0.5) is 5.69 Å². The quantitative estimate of drug-likeness (QED) is 0.550. The fourth-order valence-electron chi connectivity index (χ4n) is 0.749. The van der Waals surface area contributed by atoms with Crippen LogP contribution in [0.1, 0.15) is 0 Å². The molecule has 3 N–H and O–H groups in total. The van der Waals surface area contributed by atoms with E-state index in [9.17, 15) is 4.79 Å². The summed E-state index contributed by atoms with van der Waals surface area (Å²) in [6, 6.07) is 7.17. The number of benzene rings is 1. The Kier molecular flexibility index (Phi) is 2.99. The van der Waals surface area contributed by atoms with Crippen LogP contribution in [-0.4, -0.2) is 16.8 Å². The Morgan fingerprint density at radius 3 is 2.92 bits per heavy atom. The summed E-state index contributed by atoms with van der Waals surface area (Å²) in [4.78, 5) is 11.1. The van der Waals surface area contributed by atoms with E-state index >= 15 is 0 Å². The summed E-state index contributed by atoms with van der Waals surface area (Å²) in [5.74, 6) is -0.744. The Balaban J connectivity index is 2.57. The molecule has 0 spiro atoms. The van der Waals surface area contributed by atoms with Crippen molar-refractivity contribution in [3.05, 3.63) is 24.3 Å². The van der Waals surface area contributed by atoms with Crippen LogP contribution in [0, 0.1) is 0 Å². The van der Waals surface area contributed by atoms with Crippen LogP contribution in [0.3, 0.4) is 0 Å². The van der Waals surface area contributed by atoms with Crippen molar-refractivity contribution < 1.29 is 9.90 Å². The van der Waals surface area contributed by atoms with Crippen molar-refractivity contribution in [2.45, 2.75) is 4.90 Å². The second-order valence-corrected chi connectivity index (χ2v) is 3.30. The van der Waals surface area contributed by atoms with E-state index < -0.39 is 5.97 Å². The zero-order valence-corrected chi connectivity index (χ0v) is 7.17. The smallest absolute Gasteiger partial charge is 0.313 e. The van der Waals surface area contributed by atoms with Gasteiger partial charge in [-0.15, -0.1) is 11.8 Å². The van der Waals surface area contributed by atoms with Crippen LogP contribution in [0.2, 0.25) is 0 Å². The normalized spacial score (nSPS) is 9.67. The molecule has 1 rings (SSSR count). The molecule has 0 aliphatic rings. The minimum atomic E-state index is -0.817. The molecule has 4 heteroatoms. The van der Waals surface area contributed by atoms with E-state index in [1.54, 1.807) is 18.2 Å². The van der Waals surface area contributed by atoms with Crippen molar-refractivity contribution in [1.82, 2.24) is 0 Å². The molecule has 1 aromatic carbocycles. The summed E-state index contributed by atoms with van der Waals surface area (Å²) in [7, 11) is 0. The molecule has 0 atom stereocenters. The third-order valence-electron chi connectivity index (χ3n) is 1.22. The van der Waals surface area contributed by atoms with Gasteiger partial charge in [0.2, 0.25) is 0 Å². The Hall–Kier alpha value is -1.16. The van der Waals surface area contributed by atoms with Gasteiger partial charge in [0.25, 0.3) is 0 Å². The lowest BCUT2D eigenvalue weighted by Gasteiger charge is -1.98. The number of thioether (sulfide) groups is 1. The van der Waals surface area contributed by atoms with E-state index in [0.717, 1.165) is 4.90 Å². The van der Waals surface area contributed by atoms with Gasteiger partial charge in [0.15, 0.2) is 0 Å². The van der Waals surface area contributed by atoms with Crippen LogP contribution < -0.4 is 5.73 Å². The van der Waals surface area contributed by atoms with Crippen molar-refractivity contribution >= 4 is 23.4 Å². The Labute approximate surface area is 74.6 Å². The molecule has 0 radical (unpaired) electrons. The minimum absolute atomic E-state index is 0.0729. The Morgan fingerprint density at radius 2 is 2.33 bits per heavy atom. The molecule has 12 heavy (non-hydrogen) atoms. The summed E-state index contributed by atoms with van der Waals surface area (Å²) in [6.45, 7) is 0. The highest BCUT2D eigenvalue weighted by molar-refractivity contribution is 8.00. The summed E-state index contributed by atoms with van der Waals surface area (Å²) in [5.41, 5.74) is 6.16. The molecule has 0 saturated carbocycles. The van der Waals surface area contributed by atoms with Gasteiger partial charge >= 0.3 is 5.97 Å². The average molecular weight is 183 g/mol. The van der Waals surface area contributed by atoms with Gasteiger partial charge in [-0.25, -0.2) is 0 Å². The molecule has 0 aromatic heterocycles. The van der Waals surface area contributed by atoms with Crippen LogP contribution in [0.15, 0.2) is 29.2 Å². The predicted molar refractivity (Wildman–Crippen MR) is 49.2 cm³/mol. The number of nitrogens with two attached hydrogens (primary N) is 1. The summed E-state index contributed by atoms with van der Waals surface area (Å²) in [6.07, 6.45) is 0. The molecule has 0 heterocycles. The topological polar surface area (TPSA) is 63.3 Å². The predicted octanol–water partition coefficient (Wildman–Crippen LogP) is 1.45.